The lowest BCUT2D eigenvalue weighted by Crippen LogP contribution is -2.45. The number of rotatable bonds is 10. The van der Waals surface area contributed by atoms with Crippen molar-refractivity contribution in [3.63, 3.8) is 0 Å². The van der Waals surface area contributed by atoms with E-state index in [0.29, 0.717) is 28.4 Å². The monoisotopic (exact) mass is 597 g/mol. The maximum absolute atomic E-state index is 13.4. The first-order chi connectivity index (χ1) is 21.1. The van der Waals surface area contributed by atoms with E-state index >= 15 is 0 Å². The van der Waals surface area contributed by atoms with Gasteiger partial charge in [-0.15, -0.1) is 0 Å². The number of benzene rings is 2. The molecule has 3 heterocycles. The number of carboxylic acid groups (broad SMARTS) is 1. The number of ether oxygens (including phenoxy) is 1. The van der Waals surface area contributed by atoms with Crippen molar-refractivity contribution in [2.75, 3.05) is 0 Å². The number of carboxylic acids is 1. The first-order valence-electron chi connectivity index (χ1n) is 14.8. The van der Waals surface area contributed by atoms with Crippen LogP contribution in [0.4, 0.5) is 0 Å². The molecule has 0 saturated heterocycles. The lowest BCUT2D eigenvalue weighted by Gasteiger charge is -2.25. The maximum Gasteiger partial charge on any atom is 0.347 e. The minimum absolute atomic E-state index is 0.121. The fourth-order valence-electron chi connectivity index (χ4n) is 5.96. The number of carbonyl (C=O) groups is 3. The highest BCUT2D eigenvalue weighted by molar-refractivity contribution is 6.00. The van der Waals surface area contributed by atoms with Crippen LogP contribution < -0.4 is 15.8 Å². The zero-order chi connectivity index (χ0) is 31.0. The molecule has 0 unspecified atom stereocenters. The van der Waals surface area contributed by atoms with Crippen LogP contribution in [0.25, 0.3) is 33.3 Å². The Morgan fingerprint density at radius 2 is 1.95 bits per heavy atom. The molecule has 2 amide bonds. The molecule has 0 radical (unpaired) electrons. The third kappa shape index (κ3) is 5.64. The third-order valence-electron chi connectivity index (χ3n) is 8.37. The van der Waals surface area contributed by atoms with E-state index in [4.69, 9.17) is 19.9 Å². The standard InChI is InChI=1S/C33H35N5O6/c1-33(2,32(41)42)44-23-9-10-25-24(16-23)21(17-35-25)15-27(29(34)39)37-31(40)19-8-11-28-26(14-19)36-30(20-12-13-43-18-20)38(28)22-6-4-3-5-7-22/h8-14,16-18,22,27,35H,3-7,15H2,1-2H3,(H2,34,39)(H,37,40)(H,41,42)/t27-/m0/s1. The summed E-state index contributed by atoms with van der Waals surface area (Å²) < 4.78 is 13.3. The first-order valence-corrected chi connectivity index (χ1v) is 14.8. The van der Waals surface area contributed by atoms with Crippen LogP contribution in [-0.2, 0) is 16.0 Å². The lowest BCUT2D eigenvalue weighted by atomic mass is 9.95. The average Bonchev–Trinajstić information content (AvgIpc) is 3.75. The summed E-state index contributed by atoms with van der Waals surface area (Å²) in [7, 11) is 0. The van der Waals surface area contributed by atoms with Gasteiger partial charge in [-0.05, 0) is 74.7 Å². The number of imidazole rings is 1. The van der Waals surface area contributed by atoms with Crippen LogP contribution in [0.2, 0.25) is 0 Å². The van der Waals surface area contributed by atoms with E-state index in [1.54, 1.807) is 49.1 Å². The largest absolute Gasteiger partial charge is 0.478 e. The van der Waals surface area contributed by atoms with Crippen molar-refractivity contribution in [1.29, 1.82) is 0 Å². The van der Waals surface area contributed by atoms with Gasteiger partial charge >= 0.3 is 5.97 Å². The van der Waals surface area contributed by atoms with Crippen molar-refractivity contribution in [2.45, 2.75) is 70.1 Å². The average molecular weight is 598 g/mol. The number of nitrogens with two attached hydrogens (primary N) is 1. The molecule has 1 fully saturated rings. The number of hydrogen-bond acceptors (Lipinski definition) is 6. The molecule has 11 heteroatoms. The van der Waals surface area contributed by atoms with Gasteiger partial charge in [-0.3, -0.25) is 9.59 Å². The summed E-state index contributed by atoms with van der Waals surface area (Å²) >= 11 is 0. The Morgan fingerprint density at radius 1 is 1.16 bits per heavy atom. The summed E-state index contributed by atoms with van der Waals surface area (Å²) in [5.74, 6) is -1.05. The minimum atomic E-state index is -1.43. The molecule has 1 aliphatic rings. The number of fused-ring (bicyclic) bond motifs is 2. The molecule has 1 aliphatic carbocycles. The number of aromatic amines is 1. The highest BCUT2D eigenvalue weighted by atomic mass is 16.5. The summed E-state index contributed by atoms with van der Waals surface area (Å²) in [6.07, 6.45) is 10.8. The van der Waals surface area contributed by atoms with E-state index in [1.165, 1.54) is 20.3 Å². The Balaban J connectivity index is 1.25. The highest BCUT2D eigenvalue weighted by Crippen LogP contribution is 2.36. The lowest BCUT2D eigenvalue weighted by molar-refractivity contribution is -0.152. The van der Waals surface area contributed by atoms with Gasteiger partial charge in [0.2, 0.25) is 5.91 Å². The highest BCUT2D eigenvalue weighted by Gasteiger charge is 2.30. The van der Waals surface area contributed by atoms with Crippen LogP contribution in [0.3, 0.4) is 0 Å². The first kappa shape index (κ1) is 29.0. The minimum Gasteiger partial charge on any atom is -0.478 e. The van der Waals surface area contributed by atoms with E-state index < -0.39 is 29.4 Å². The van der Waals surface area contributed by atoms with Crippen molar-refractivity contribution in [1.82, 2.24) is 19.9 Å². The second kappa shape index (κ2) is 11.6. The maximum atomic E-state index is 13.4. The van der Waals surface area contributed by atoms with Crippen LogP contribution in [0.15, 0.2) is 65.6 Å². The molecule has 2 aromatic carbocycles. The number of hydrogen-bond donors (Lipinski definition) is 4. The predicted octanol–water partition coefficient (Wildman–Crippen LogP) is 5.35. The molecule has 3 aromatic heterocycles. The molecular weight excluding hydrogens is 562 g/mol. The Kier molecular flexibility index (Phi) is 7.62. The van der Waals surface area contributed by atoms with Crippen molar-refractivity contribution in [3.8, 4) is 17.1 Å². The second-order valence-corrected chi connectivity index (χ2v) is 11.9. The van der Waals surface area contributed by atoms with Crippen LogP contribution >= 0.6 is 0 Å². The Bertz CT molecular complexity index is 1850. The van der Waals surface area contributed by atoms with Gasteiger partial charge in [-0.2, -0.15) is 0 Å². The summed E-state index contributed by atoms with van der Waals surface area (Å²) in [5, 5.41) is 13.0. The zero-order valence-electron chi connectivity index (χ0n) is 24.6. The fraction of sp³-hybridized carbons (Fsp3) is 0.333. The number of primary amides is 1. The summed E-state index contributed by atoms with van der Waals surface area (Å²) in [5.41, 5.74) is 8.66. The summed E-state index contributed by atoms with van der Waals surface area (Å²) in [4.78, 5) is 45.5. The van der Waals surface area contributed by atoms with E-state index in [0.717, 1.165) is 53.5 Å². The SMILES string of the molecule is CC(C)(Oc1ccc2[nH]cc(C[C@H](NC(=O)c3ccc4c(c3)nc(-c3ccoc3)n4C3CCCCC3)C(N)=O)c2c1)C(=O)O. The zero-order valence-corrected chi connectivity index (χ0v) is 24.6. The van der Waals surface area contributed by atoms with Crippen LogP contribution in [0.5, 0.6) is 5.75 Å². The molecule has 44 heavy (non-hydrogen) atoms. The molecule has 0 bridgehead atoms. The smallest absolute Gasteiger partial charge is 0.347 e. The number of amides is 2. The second-order valence-electron chi connectivity index (χ2n) is 11.9. The molecular formula is C33H35N5O6. The van der Waals surface area contributed by atoms with Crippen molar-refractivity contribution < 1.29 is 28.6 Å². The third-order valence-corrected chi connectivity index (χ3v) is 8.37. The number of furan rings is 1. The molecule has 5 N–H and O–H groups in total. The van der Waals surface area contributed by atoms with Crippen LogP contribution in [0.1, 0.15) is 67.9 Å². The van der Waals surface area contributed by atoms with Gasteiger partial charge < -0.3 is 34.9 Å². The molecule has 1 atom stereocenters. The Labute approximate surface area is 253 Å². The van der Waals surface area contributed by atoms with Crippen molar-refractivity contribution in [3.05, 3.63) is 72.3 Å². The molecule has 5 aromatic rings. The van der Waals surface area contributed by atoms with Gasteiger partial charge in [-0.25, -0.2) is 9.78 Å². The Morgan fingerprint density at radius 3 is 2.66 bits per heavy atom. The van der Waals surface area contributed by atoms with Gasteiger partial charge in [0, 0.05) is 35.1 Å². The molecule has 11 nitrogen and oxygen atoms in total. The topological polar surface area (TPSA) is 165 Å². The molecule has 0 spiro atoms. The Hall–Kier alpha value is -5.06. The number of aliphatic carboxylic acids is 1. The number of aromatic nitrogens is 3. The quantitative estimate of drug-likeness (QED) is 0.168. The number of nitrogens with zero attached hydrogens (tertiary/aromatic N) is 2. The van der Waals surface area contributed by atoms with Crippen LogP contribution in [0, 0.1) is 0 Å². The van der Waals surface area contributed by atoms with Crippen LogP contribution in [-0.4, -0.2) is 49.1 Å². The molecule has 1 saturated carbocycles. The van der Waals surface area contributed by atoms with E-state index in [2.05, 4.69) is 14.9 Å². The predicted molar refractivity (Wildman–Crippen MR) is 164 cm³/mol. The van der Waals surface area contributed by atoms with E-state index in [-0.39, 0.29) is 6.42 Å². The fourth-order valence-corrected chi connectivity index (χ4v) is 5.96. The summed E-state index contributed by atoms with van der Waals surface area (Å²) in [6.45, 7) is 2.93. The van der Waals surface area contributed by atoms with Gasteiger partial charge in [0.25, 0.3) is 5.91 Å². The molecule has 0 aliphatic heterocycles. The normalized spacial score (nSPS) is 15.0. The number of H-pyrrole nitrogens is 1. The van der Waals surface area contributed by atoms with Crippen molar-refractivity contribution >= 4 is 39.7 Å². The van der Waals surface area contributed by atoms with Gasteiger partial charge in [0.15, 0.2) is 5.60 Å². The molecule has 6 rings (SSSR count). The molecule has 228 valence electrons. The van der Waals surface area contributed by atoms with Gasteiger partial charge in [-0.1, -0.05) is 19.3 Å². The number of nitrogens with one attached hydrogen (secondary N) is 2. The van der Waals surface area contributed by atoms with Crippen molar-refractivity contribution in [2.24, 2.45) is 5.73 Å². The van der Waals surface area contributed by atoms with Gasteiger partial charge in [0.1, 0.15) is 23.9 Å². The number of carbonyl (C=O) groups excluding carboxylic acids is 2. The van der Waals surface area contributed by atoms with Gasteiger partial charge in [0.05, 0.1) is 22.9 Å². The van der Waals surface area contributed by atoms with E-state index in [1.807, 2.05) is 12.1 Å². The summed E-state index contributed by atoms with van der Waals surface area (Å²) in [6, 6.07) is 11.7. The van der Waals surface area contributed by atoms with E-state index in [9.17, 15) is 19.5 Å².